The SMILES string of the molecule is O=C(Cn1cnc2scc(-c3ccccc3)c2c1=O)c1c[nH]c2ccccc12. The summed E-state index contributed by atoms with van der Waals surface area (Å²) in [6, 6.07) is 17.4. The van der Waals surface area contributed by atoms with Crippen molar-refractivity contribution in [1.29, 1.82) is 0 Å². The predicted octanol–water partition coefficient (Wildman–Crippen LogP) is 4.49. The third-order valence-electron chi connectivity index (χ3n) is 4.85. The van der Waals surface area contributed by atoms with Gasteiger partial charge in [0.2, 0.25) is 0 Å². The number of nitrogens with zero attached hydrogens (tertiary/aromatic N) is 2. The van der Waals surface area contributed by atoms with Crippen molar-refractivity contribution in [2.24, 2.45) is 0 Å². The Kier molecular flexibility index (Phi) is 3.91. The van der Waals surface area contributed by atoms with E-state index in [1.54, 1.807) is 6.20 Å². The predicted molar refractivity (Wildman–Crippen MR) is 112 cm³/mol. The summed E-state index contributed by atoms with van der Waals surface area (Å²) in [5, 5.41) is 3.36. The smallest absolute Gasteiger partial charge is 0.263 e. The Labute approximate surface area is 163 Å². The zero-order valence-corrected chi connectivity index (χ0v) is 15.6. The highest BCUT2D eigenvalue weighted by atomic mass is 32.1. The number of ketones is 1. The number of carbonyl (C=O) groups is 1. The number of para-hydroxylation sites is 1. The van der Waals surface area contributed by atoms with Crippen molar-refractivity contribution in [3.8, 4) is 11.1 Å². The molecule has 1 N–H and O–H groups in total. The summed E-state index contributed by atoms with van der Waals surface area (Å²) in [6.07, 6.45) is 3.16. The van der Waals surface area contributed by atoms with Gasteiger partial charge in [0.15, 0.2) is 5.78 Å². The summed E-state index contributed by atoms with van der Waals surface area (Å²) in [7, 11) is 0. The lowest BCUT2D eigenvalue weighted by molar-refractivity contribution is 0.0972. The van der Waals surface area contributed by atoms with E-state index in [-0.39, 0.29) is 17.9 Å². The van der Waals surface area contributed by atoms with E-state index in [0.29, 0.717) is 15.8 Å². The third-order valence-corrected chi connectivity index (χ3v) is 5.74. The van der Waals surface area contributed by atoms with Crippen LogP contribution in [0.15, 0.2) is 77.3 Å². The van der Waals surface area contributed by atoms with Crippen LogP contribution in [0.25, 0.3) is 32.2 Å². The molecule has 3 aromatic heterocycles. The van der Waals surface area contributed by atoms with Crippen molar-refractivity contribution >= 4 is 38.2 Å². The van der Waals surface area contributed by atoms with Crippen LogP contribution in [-0.2, 0) is 6.54 Å². The lowest BCUT2D eigenvalue weighted by Gasteiger charge is -2.05. The number of carbonyl (C=O) groups excluding carboxylic acids is 1. The fourth-order valence-electron chi connectivity index (χ4n) is 3.45. The van der Waals surface area contributed by atoms with E-state index in [9.17, 15) is 9.59 Å². The van der Waals surface area contributed by atoms with Gasteiger partial charge in [-0.2, -0.15) is 0 Å². The zero-order valence-electron chi connectivity index (χ0n) is 14.8. The number of rotatable bonds is 4. The van der Waals surface area contributed by atoms with Gasteiger partial charge in [-0.15, -0.1) is 11.3 Å². The summed E-state index contributed by atoms with van der Waals surface area (Å²) in [5.41, 5.74) is 3.10. The summed E-state index contributed by atoms with van der Waals surface area (Å²) in [6.45, 7) is -0.0479. The highest BCUT2D eigenvalue weighted by Gasteiger charge is 2.17. The molecule has 0 aliphatic rings. The lowest BCUT2D eigenvalue weighted by atomic mass is 10.1. The Hall–Kier alpha value is -3.51. The molecule has 0 saturated carbocycles. The second-order valence-electron chi connectivity index (χ2n) is 6.54. The molecule has 5 aromatic rings. The first-order chi connectivity index (χ1) is 13.7. The molecule has 0 aliphatic carbocycles. The average Bonchev–Trinajstić information content (AvgIpc) is 3.35. The topological polar surface area (TPSA) is 67.8 Å². The van der Waals surface area contributed by atoms with Gasteiger partial charge in [0.05, 0.1) is 18.3 Å². The van der Waals surface area contributed by atoms with Crippen LogP contribution in [0.2, 0.25) is 0 Å². The third kappa shape index (κ3) is 2.66. The van der Waals surface area contributed by atoms with Crippen molar-refractivity contribution in [3.05, 3.63) is 88.4 Å². The maximum atomic E-state index is 13.1. The number of fused-ring (bicyclic) bond motifs is 2. The molecule has 0 fully saturated rings. The van der Waals surface area contributed by atoms with Crippen LogP contribution in [-0.4, -0.2) is 20.3 Å². The quantitative estimate of drug-likeness (QED) is 0.464. The minimum absolute atomic E-state index is 0.0479. The highest BCUT2D eigenvalue weighted by Crippen LogP contribution is 2.30. The van der Waals surface area contributed by atoms with Crippen LogP contribution in [0.1, 0.15) is 10.4 Å². The number of Topliss-reactive ketones (excluding diaryl/α,β-unsaturated/α-hetero) is 1. The van der Waals surface area contributed by atoms with Crippen molar-refractivity contribution in [2.45, 2.75) is 6.54 Å². The Bertz CT molecular complexity index is 1380. The van der Waals surface area contributed by atoms with E-state index in [1.807, 2.05) is 60.0 Å². The van der Waals surface area contributed by atoms with Gasteiger partial charge in [-0.3, -0.25) is 14.2 Å². The number of aromatic amines is 1. The highest BCUT2D eigenvalue weighted by molar-refractivity contribution is 7.17. The molecule has 136 valence electrons. The van der Waals surface area contributed by atoms with E-state index >= 15 is 0 Å². The maximum Gasteiger partial charge on any atom is 0.263 e. The van der Waals surface area contributed by atoms with Crippen LogP contribution in [0.4, 0.5) is 0 Å². The van der Waals surface area contributed by atoms with Gasteiger partial charge in [-0.05, 0) is 11.6 Å². The maximum absolute atomic E-state index is 13.1. The molecule has 6 heteroatoms. The van der Waals surface area contributed by atoms with Gasteiger partial charge in [-0.1, -0.05) is 48.5 Å². The molecule has 28 heavy (non-hydrogen) atoms. The molecule has 5 rings (SSSR count). The summed E-state index contributed by atoms with van der Waals surface area (Å²) in [4.78, 5) is 34.2. The van der Waals surface area contributed by atoms with Crippen LogP contribution in [0.3, 0.4) is 0 Å². The minimum atomic E-state index is -0.196. The molecule has 0 spiro atoms. The van der Waals surface area contributed by atoms with E-state index in [4.69, 9.17) is 0 Å². The summed E-state index contributed by atoms with van der Waals surface area (Å²) in [5.74, 6) is -0.128. The molecule has 5 nitrogen and oxygen atoms in total. The molecule has 3 heterocycles. The molecule has 0 aliphatic heterocycles. The molecule has 0 radical (unpaired) electrons. The second kappa shape index (κ2) is 6.58. The fourth-order valence-corrected chi connectivity index (χ4v) is 4.36. The van der Waals surface area contributed by atoms with Crippen LogP contribution in [0.5, 0.6) is 0 Å². The number of nitrogens with one attached hydrogen (secondary N) is 1. The van der Waals surface area contributed by atoms with Crippen molar-refractivity contribution in [1.82, 2.24) is 14.5 Å². The average molecular weight is 385 g/mol. The molecule has 0 bridgehead atoms. The monoisotopic (exact) mass is 385 g/mol. The first kappa shape index (κ1) is 16.6. The van der Waals surface area contributed by atoms with Crippen molar-refractivity contribution in [3.63, 3.8) is 0 Å². The molecule has 0 unspecified atom stereocenters. The second-order valence-corrected chi connectivity index (χ2v) is 7.40. The number of hydrogen-bond donors (Lipinski definition) is 1. The van der Waals surface area contributed by atoms with E-state index < -0.39 is 0 Å². The van der Waals surface area contributed by atoms with E-state index in [0.717, 1.165) is 22.0 Å². The van der Waals surface area contributed by atoms with E-state index in [2.05, 4.69) is 9.97 Å². The van der Waals surface area contributed by atoms with Gasteiger partial charge in [0.1, 0.15) is 4.83 Å². The molecule has 0 amide bonds. The molecular weight excluding hydrogens is 370 g/mol. The normalized spacial score (nSPS) is 11.3. The van der Waals surface area contributed by atoms with Crippen LogP contribution in [0, 0.1) is 0 Å². The fraction of sp³-hybridized carbons (Fsp3) is 0.0455. The number of hydrogen-bond acceptors (Lipinski definition) is 4. The van der Waals surface area contributed by atoms with Gasteiger partial charge in [-0.25, -0.2) is 4.98 Å². The van der Waals surface area contributed by atoms with Crippen molar-refractivity contribution < 1.29 is 4.79 Å². The summed E-state index contributed by atoms with van der Waals surface area (Å²) >= 11 is 1.44. The first-order valence-corrected chi connectivity index (χ1v) is 9.72. The molecule has 0 atom stereocenters. The number of aromatic nitrogens is 3. The first-order valence-electron chi connectivity index (χ1n) is 8.84. The number of H-pyrrole nitrogens is 1. The minimum Gasteiger partial charge on any atom is -0.360 e. The Morgan fingerprint density at radius 3 is 2.71 bits per heavy atom. The number of benzene rings is 2. The van der Waals surface area contributed by atoms with Gasteiger partial charge in [0, 0.05) is 33.6 Å². The molecule has 0 saturated heterocycles. The Balaban J connectivity index is 1.57. The Morgan fingerprint density at radius 1 is 1.07 bits per heavy atom. The van der Waals surface area contributed by atoms with Gasteiger partial charge in [0.25, 0.3) is 5.56 Å². The standard InChI is InChI=1S/C22H15N3O2S/c26-19(16-10-23-18-9-5-4-8-15(16)18)11-25-13-24-21-20(22(25)27)17(12-28-21)14-6-2-1-3-7-14/h1-10,12-13,23H,11H2. The van der Waals surface area contributed by atoms with Crippen LogP contribution >= 0.6 is 11.3 Å². The Morgan fingerprint density at radius 2 is 1.86 bits per heavy atom. The van der Waals surface area contributed by atoms with Gasteiger partial charge < -0.3 is 4.98 Å². The molecule has 2 aromatic carbocycles. The lowest BCUT2D eigenvalue weighted by Crippen LogP contribution is -2.24. The zero-order chi connectivity index (χ0) is 19.1. The number of thiophene rings is 1. The van der Waals surface area contributed by atoms with Crippen LogP contribution < -0.4 is 5.56 Å². The largest absolute Gasteiger partial charge is 0.360 e. The molecular formula is C22H15N3O2S. The van der Waals surface area contributed by atoms with Gasteiger partial charge >= 0.3 is 0 Å². The van der Waals surface area contributed by atoms with Crippen molar-refractivity contribution in [2.75, 3.05) is 0 Å². The summed E-state index contributed by atoms with van der Waals surface area (Å²) < 4.78 is 1.39. The van der Waals surface area contributed by atoms with E-state index in [1.165, 1.54) is 22.2 Å².